The maximum absolute atomic E-state index is 10.8. The van der Waals surface area contributed by atoms with E-state index in [1.54, 1.807) is 6.20 Å². The van der Waals surface area contributed by atoms with Crippen molar-refractivity contribution in [1.29, 1.82) is 0 Å². The molecule has 0 aliphatic carbocycles. The molecule has 4 heteroatoms. The molecule has 0 aliphatic rings. The lowest BCUT2D eigenvalue weighted by molar-refractivity contribution is 0.606. The molecule has 0 spiro atoms. The molecule has 0 fully saturated rings. The molecule has 1 heterocycles. The molecule has 0 aliphatic heterocycles. The summed E-state index contributed by atoms with van der Waals surface area (Å²) in [5, 5.41) is 3.10. The lowest BCUT2D eigenvalue weighted by Crippen LogP contribution is -2.12. The van der Waals surface area contributed by atoms with Gasteiger partial charge in [0.15, 0.2) is 0 Å². The SMILES string of the molecule is CC(C)CCNc1cncc(=O)[nH]1. The van der Waals surface area contributed by atoms with Gasteiger partial charge >= 0.3 is 0 Å². The van der Waals surface area contributed by atoms with E-state index in [2.05, 4.69) is 29.1 Å². The first kappa shape index (κ1) is 9.77. The third kappa shape index (κ3) is 3.73. The van der Waals surface area contributed by atoms with Gasteiger partial charge in [0.2, 0.25) is 0 Å². The molecule has 0 bridgehead atoms. The Labute approximate surface area is 77.4 Å². The van der Waals surface area contributed by atoms with Gasteiger partial charge in [0.1, 0.15) is 5.82 Å². The van der Waals surface area contributed by atoms with Crippen LogP contribution < -0.4 is 10.9 Å². The monoisotopic (exact) mass is 181 g/mol. The largest absolute Gasteiger partial charge is 0.370 e. The molecule has 0 atom stereocenters. The van der Waals surface area contributed by atoms with E-state index in [0.717, 1.165) is 13.0 Å². The zero-order valence-corrected chi connectivity index (χ0v) is 8.00. The van der Waals surface area contributed by atoms with Crippen LogP contribution >= 0.6 is 0 Å². The van der Waals surface area contributed by atoms with Crippen LogP contribution in [0.3, 0.4) is 0 Å². The summed E-state index contributed by atoms with van der Waals surface area (Å²) in [4.78, 5) is 17.3. The predicted octanol–water partition coefficient (Wildman–Crippen LogP) is 1.23. The highest BCUT2D eigenvalue weighted by molar-refractivity contribution is 5.29. The number of aromatic amines is 1. The lowest BCUT2D eigenvalue weighted by atomic mass is 10.1. The number of anilines is 1. The van der Waals surface area contributed by atoms with E-state index < -0.39 is 0 Å². The Morgan fingerprint density at radius 1 is 1.54 bits per heavy atom. The number of rotatable bonds is 4. The van der Waals surface area contributed by atoms with Gasteiger partial charge < -0.3 is 10.3 Å². The predicted molar refractivity (Wildman–Crippen MR) is 52.8 cm³/mol. The third-order valence-corrected chi connectivity index (χ3v) is 1.69. The van der Waals surface area contributed by atoms with Crippen molar-refractivity contribution < 1.29 is 0 Å². The zero-order chi connectivity index (χ0) is 9.68. The Morgan fingerprint density at radius 3 is 2.92 bits per heavy atom. The Hall–Kier alpha value is -1.32. The van der Waals surface area contributed by atoms with Crippen molar-refractivity contribution in [3.8, 4) is 0 Å². The number of hydrogen-bond acceptors (Lipinski definition) is 3. The first-order chi connectivity index (χ1) is 6.18. The first-order valence-electron chi connectivity index (χ1n) is 4.46. The molecule has 0 aromatic carbocycles. The Kier molecular flexibility index (Phi) is 3.49. The number of nitrogens with zero attached hydrogens (tertiary/aromatic N) is 1. The minimum Gasteiger partial charge on any atom is -0.370 e. The summed E-state index contributed by atoms with van der Waals surface area (Å²) < 4.78 is 0. The van der Waals surface area contributed by atoms with Gasteiger partial charge in [0.05, 0.1) is 12.4 Å². The van der Waals surface area contributed by atoms with Crippen LogP contribution in [0.1, 0.15) is 20.3 Å². The summed E-state index contributed by atoms with van der Waals surface area (Å²) in [6.45, 7) is 5.18. The average Bonchev–Trinajstić information content (AvgIpc) is 2.03. The third-order valence-electron chi connectivity index (χ3n) is 1.69. The molecule has 0 amide bonds. The standard InChI is InChI=1S/C9H15N3O/c1-7(2)3-4-11-8-5-10-6-9(13)12-8/h5-7H,3-4H2,1-2H3,(H2,11,12,13). The van der Waals surface area contributed by atoms with Gasteiger partial charge in [-0.15, -0.1) is 0 Å². The molecule has 1 aromatic heterocycles. The highest BCUT2D eigenvalue weighted by Gasteiger charge is 1.95. The first-order valence-corrected chi connectivity index (χ1v) is 4.46. The van der Waals surface area contributed by atoms with E-state index >= 15 is 0 Å². The van der Waals surface area contributed by atoms with E-state index in [1.807, 2.05) is 0 Å². The van der Waals surface area contributed by atoms with Gasteiger partial charge in [-0.1, -0.05) is 13.8 Å². The van der Waals surface area contributed by atoms with Gasteiger partial charge in [0.25, 0.3) is 5.56 Å². The summed E-state index contributed by atoms with van der Waals surface area (Å²) >= 11 is 0. The van der Waals surface area contributed by atoms with Crippen LogP contribution in [0, 0.1) is 5.92 Å². The van der Waals surface area contributed by atoms with Crippen LogP contribution in [-0.4, -0.2) is 16.5 Å². The van der Waals surface area contributed by atoms with Crippen LogP contribution in [0.4, 0.5) is 5.82 Å². The maximum atomic E-state index is 10.8. The minimum absolute atomic E-state index is 0.172. The molecule has 1 aromatic rings. The topological polar surface area (TPSA) is 57.8 Å². The Morgan fingerprint density at radius 2 is 2.31 bits per heavy atom. The average molecular weight is 181 g/mol. The molecular weight excluding hydrogens is 166 g/mol. The Balaban J connectivity index is 2.41. The van der Waals surface area contributed by atoms with Gasteiger partial charge in [-0.2, -0.15) is 0 Å². The van der Waals surface area contributed by atoms with Crippen molar-refractivity contribution >= 4 is 5.82 Å². The van der Waals surface area contributed by atoms with E-state index in [0.29, 0.717) is 11.7 Å². The number of H-pyrrole nitrogens is 1. The second kappa shape index (κ2) is 4.64. The summed E-state index contributed by atoms with van der Waals surface area (Å²) in [5.74, 6) is 1.35. The molecule has 72 valence electrons. The highest BCUT2D eigenvalue weighted by atomic mass is 16.1. The maximum Gasteiger partial charge on any atom is 0.267 e. The van der Waals surface area contributed by atoms with Crippen LogP contribution in [0.2, 0.25) is 0 Å². The molecule has 0 radical (unpaired) electrons. The molecule has 0 saturated carbocycles. The molecular formula is C9H15N3O. The molecule has 13 heavy (non-hydrogen) atoms. The highest BCUT2D eigenvalue weighted by Crippen LogP contribution is 2.00. The molecule has 2 N–H and O–H groups in total. The fraction of sp³-hybridized carbons (Fsp3) is 0.556. The second-order valence-electron chi connectivity index (χ2n) is 3.42. The smallest absolute Gasteiger partial charge is 0.267 e. The van der Waals surface area contributed by atoms with E-state index in [4.69, 9.17) is 0 Å². The lowest BCUT2D eigenvalue weighted by Gasteiger charge is -2.06. The summed E-state index contributed by atoms with van der Waals surface area (Å²) in [6.07, 6.45) is 3.95. The molecule has 0 unspecified atom stereocenters. The van der Waals surface area contributed by atoms with Crippen molar-refractivity contribution in [2.45, 2.75) is 20.3 Å². The zero-order valence-electron chi connectivity index (χ0n) is 8.00. The molecule has 0 saturated heterocycles. The van der Waals surface area contributed by atoms with Crippen molar-refractivity contribution in [1.82, 2.24) is 9.97 Å². The van der Waals surface area contributed by atoms with E-state index in [-0.39, 0.29) is 5.56 Å². The fourth-order valence-electron chi connectivity index (χ4n) is 0.962. The fourth-order valence-corrected chi connectivity index (χ4v) is 0.962. The van der Waals surface area contributed by atoms with Crippen molar-refractivity contribution in [2.24, 2.45) is 5.92 Å². The van der Waals surface area contributed by atoms with Crippen LogP contribution in [-0.2, 0) is 0 Å². The van der Waals surface area contributed by atoms with Gasteiger partial charge in [-0.05, 0) is 12.3 Å². The van der Waals surface area contributed by atoms with Crippen molar-refractivity contribution in [3.05, 3.63) is 22.7 Å². The van der Waals surface area contributed by atoms with E-state index in [1.165, 1.54) is 6.20 Å². The minimum atomic E-state index is -0.172. The normalized spacial score (nSPS) is 10.4. The summed E-state index contributed by atoms with van der Waals surface area (Å²) in [5.41, 5.74) is -0.172. The van der Waals surface area contributed by atoms with Crippen molar-refractivity contribution in [3.63, 3.8) is 0 Å². The second-order valence-corrected chi connectivity index (χ2v) is 3.42. The number of hydrogen-bond donors (Lipinski definition) is 2. The van der Waals surface area contributed by atoms with Crippen LogP contribution in [0.15, 0.2) is 17.2 Å². The van der Waals surface area contributed by atoms with Crippen molar-refractivity contribution in [2.75, 3.05) is 11.9 Å². The quantitative estimate of drug-likeness (QED) is 0.734. The number of nitrogens with one attached hydrogen (secondary N) is 2. The summed E-state index contributed by atoms with van der Waals surface area (Å²) in [7, 11) is 0. The Bertz CT molecular complexity index is 306. The van der Waals surface area contributed by atoms with E-state index in [9.17, 15) is 4.79 Å². The summed E-state index contributed by atoms with van der Waals surface area (Å²) in [6, 6.07) is 0. The van der Waals surface area contributed by atoms with Crippen LogP contribution in [0.5, 0.6) is 0 Å². The van der Waals surface area contributed by atoms with Gasteiger partial charge in [-0.3, -0.25) is 9.78 Å². The van der Waals surface area contributed by atoms with Gasteiger partial charge in [-0.25, -0.2) is 0 Å². The molecule has 1 rings (SSSR count). The molecule has 4 nitrogen and oxygen atoms in total. The van der Waals surface area contributed by atoms with Gasteiger partial charge in [0, 0.05) is 6.54 Å². The van der Waals surface area contributed by atoms with Crippen LogP contribution in [0.25, 0.3) is 0 Å². The number of aromatic nitrogens is 2.